The molecular formula is C12H19N3O. The predicted octanol–water partition coefficient (Wildman–Crippen LogP) is 2.22. The molecule has 0 heterocycles. The van der Waals surface area contributed by atoms with Crippen molar-refractivity contribution in [2.24, 2.45) is 10.7 Å². The molecular weight excluding hydrogens is 202 g/mol. The Kier molecular flexibility index (Phi) is 4.64. The van der Waals surface area contributed by atoms with E-state index in [2.05, 4.69) is 10.3 Å². The molecule has 0 aliphatic heterocycles. The van der Waals surface area contributed by atoms with Gasteiger partial charge in [0.2, 0.25) is 0 Å². The van der Waals surface area contributed by atoms with Crippen molar-refractivity contribution in [2.75, 3.05) is 11.9 Å². The van der Waals surface area contributed by atoms with E-state index in [0.29, 0.717) is 12.6 Å². The molecule has 0 fully saturated rings. The van der Waals surface area contributed by atoms with Crippen LogP contribution in [0.1, 0.15) is 20.8 Å². The topological polar surface area (TPSA) is 59.6 Å². The molecule has 0 saturated carbocycles. The Labute approximate surface area is 96.5 Å². The van der Waals surface area contributed by atoms with Crippen LogP contribution in [0, 0.1) is 0 Å². The molecule has 1 rings (SSSR count). The van der Waals surface area contributed by atoms with Crippen LogP contribution in [0.4, 0.5) is 5.69 Å². The predicted molar refractivity (Wildman–Crippen MR) is 68.0 cm³/mol. The maximum Gasteiger partial charge on any atom is 0.193 e. The molecule has 0 bridgehead atoms. The van der Waals surface area contributed by atoms with Crippen LogP contribution in [0.3, 0.4) is 0 Å². The zero-order chi connectivity index (χ0) is 12.0. The molecule has 1 aromatic carbocycles. The first kappa shape index (κ1) is 12.4. The van der Waals surface area contributed by atoms with Crippen molar-refractivity contribution in [2.45, 2.75) is 26.8 Å². The summed E-state index contributed by atoms with van der Waals surface area (Å²) in [6.07, 6.45) is 0. The fraction of sp³-hybridized carbons (Fsp3) is 0.417. The van der Waals surface area contributed by atoms with E-state index in [1.165, 1.54) is 0 Å². The Morgan fingerprint density at radius 1 is 1.44 bits per heavy atom. The number of para-hydroxylation sites is 2. The lowest BCUT2D eigenvalue weighted by Crippen LogP contribution is -2.24. The third-order valence-corrected chi connectivity index (χ3v) is 1.85. The molecule has 16 heavy (non-hydrogen) atoms. The molecule has 0 aromatic heterocycles. The van der Waals surface area contributed by atoms with Crippen molar-refractivity contribution >= 4 is 11.6 Å². The summed E-state index contributed by atoms with van der Waals surface area (Å²) < 4.78 is 5.47. The van der Waals surface area contributed by atoms with Crippen LogP contribution in [0.2, 0.25) is 0 Å². The van der Waals surface area contributed by atoms with Gasteiger partial charge in [-0.05, 0) is 32.9 Å². The van der Waals surface area contributed by atoms with E-state index in [1.807, 2.05) is 45.0 Å². The average molecular weight is 221 g/mol. The standard InChI is InChI=1S/C12H19N3O/c1-4-16-11-8-6-5-7-10(11)15-12(13)14-9(2)3/h5-9H,4H2,1-3H3,(H3,13,14,15). The van der Waals surface area contributed by atoms with E-state index >= 15 is 0 Å². The minimum absolute atomic E-state index is 0.173. The zero-order valence-electron chi connectivity index (χ0n) is 10.0. The highest BCUT2D eigenvalue weighted by Gasteiger charge is 2.03. The molecule has 88 valence electrons. The molecule has 3 N–H and O–H groups in total. The number of hydrogen-bond donors (Lipinski definition) is 2. The number of rotatable bonds is 4. The van der Waals surface area contributed by atoms with Crippen molar-refractivity contribution in [1.29, 1.82) is 0 Å². The third kappa shape index (κ3) is 3.81. The third-order valence-electron chi connectivity index (χ3n) is 1.85. The van der Waals surface area contributed by atoms with Gasteiger partial charge < -0.3 is 15.8 Å². The van der Waals surface area contributed by atoms with Gasteiger partial charge in [0.05, 0.1) is 12.3 Å². The normalized spacial score (nSPS) is 11.6. The Morgan fingerprint density at radius 3 is 2.75 bits per heavy atom. The number of nitrogens with two attached hydrogens (primary N) is 1. The van der Waals surface area contributed by atoms with Crippen LogP contribution >= 0.6 is 0 Å². The summed E-state index contributed by atoms with van der Waals surface area (Å²) >= 11 is 0. The minimum atomic E-state index is 0.173. The largest absolute Gasteiger partial charge is 0.492 e. The summed E-state index contributed by atoms with van der Waals surface area (Å²) in [5.74, 6) is 1.19. The van der Waals surface area contributed by atoms with E-state index in [4.69, 9.17) is 10.5 Å². The van der Waals surface area contributed by atoms with Gasteiger partial charge in [0.1, 0.15) is 5.75 Å². The van der Waals surface area contributed by atoms with Gasteiger partial charge in [0.15, 0.2) is 5.96 Å². The molecule has 0 spiro atoms. The molecule has 0 aliphatic carbocycles. The second-order valence-corrected chi connectivity index (χ2v) is 3.66. The Hall–Kier alpha value is -1.71. The van der Waals surface area contributed by atoms with Crippen LogP contribution in [0.25, 0.3) is 0 Å². The summed E-state index contributed by atoms with van der Waals surface area (Å²) in [4.78, 5) is 4.20. The van der Waals surface area contributed by atoms with Crippen LogP contribution in [-0.4, -0.2) is 18.6 Å². The van der Waals surface area contributed by atoms with E-state index in [-0.39, 0.29) is 6.04 Å². The van der Waals surface area contributed by atoms with E-state index in [1.54, 1.807) is 0 Å². The average Bonchev–Trinajstić information content (AvgIpc) is 2.20. The highest BCUT2D eigenvalue weighted by molar-refractivity contribution is 5.93. The van der Waals surface area contributed by atoms with Gasteiger partial charge in [0, 0.05) is 6.04 Å². The number of nitrogens with zero attached hydrogens (tertiary/aromatic N) is 1. The SMILES string of the molecule is CCOc1ccccc1NC(N)=NC(C)C. The summed E-state index contributed by atoms with van der Waals surface area (Å²) in [6.45, 7) is 6.52. The molecule has 0 radical (unpaired) electrons. The first-order valence-corrected chi connectivity index (χ1v) is 5.45. The Balaban J connectivity index is 2.80. The molecule has 0 unspecified atom stereocenters. The fourth-order valence-electron chi connectivity index (χ4n) is 1.30. The van der Waals surface area contributed by atoms with Gasteiger partial charge in [-0.25, -0.2) is 0 Å². The molecule has 4 heteroatoms. The van der Waals surface area contributed by atoms with Gasteiger partial charge in [-0.15, -0.1) is 0 Å². The smallest absolute Gasteiger partial charge is 0.193 e. The second kappa shape index (κ2) is 6.00. The maximum atomic E-state index is 5.76. The lowest BCUT2D eigenvalue weighted by atomic mass is 10.3. The first-order valence-electron chi connectivity index (χ1n) is 5.45. The van der Waals surface area contributed by atoms with E-state index in [0.717, 1.165) is 11.4 Å². The first-order chi connectivity index (χ1) is 7.63. The summed E-state index contributed by atoms with van der Waals surface area (Å²) in [6, 6.07) is 7.83. The molecule has 0 atom stereocenters. The van der Waals surface area contributed by atoms with E-state index in [9.17, 15) is 0 Å². The number of guanidine groups is 1. The van der Waals surface area contributed by atoms with Crippen LogP contribution in [-0.2, 0) is 0 Å². The highest BCUT2D eigenvalue weighted by atomic mass is 16.5. The zero-order valence-corrected chi connectivity index (χ0v) is 10.0. The summed E-state index contributed by atoms with van der Waals surface area (Å²) in [7, 11) is 0. The van der Waals surface area contributed by atoms with Gasteiger partial charge in [-0.1, -0.05) is 12.1 Å². The van der Waals surface area contributed by atoms with Crippen LogP contribution in [0.15, 0.2) is 29.3 Å². The number of hydrogen-bond acceptors (Lipinski definition) is 2. The number of anilines is 1. The quantitative estimate of drug-likeness (QED) is 0.605. The van der Waals surface area contributed by atoms with Gasteiger partial charge >= 0.3 is 0 Å². The molecule has 0 saturated heterocycles. The number of aliphatic imine (C=N–C) groups is 1. The van der Waals surface area contributed by atoms with Gasteiger partial charge in [-0.2, -0.15) is 0 Å². The Bertz CT molecular complexity index is 361. The lowest BCUT2D eigenvalue weighted by molar-refractivity contribution is 0.342. The second-order valence-electron chi connectivity index (χ2n) is 3.66. The van der Waals surface area contributed by atoms with Crippen molar-refractivity contribution in [3.8, 4) is 5.75 Å². The molecule has 0 aliphatic rings. The van der Waals surface area contributed by atoms with Crippen molar-refractivity contribution in [3.05, 3.63) is 24.3 Å². The fourth-order valence-corrected chi connectivity index (χ4v) is 1.30. The summed E-state index contributed by atoms with van der Waals surface area (Å²) in [5, 5.41) is 3.03. The summed E-state index contributed by atoms with van der Waals surface area (Å²) in [5.41, 5.74) is 6.59. The monoisotopic (exact) mass is 221 g/mol. The maximum absolute atomic E-state index is 5.76. The van der Waals surface area contributed by atoms with Gasteiger partial charge in [0.25, 0.3) is 0 Å². The van der Waals surface area contributed by atoms with Crippen molar-refractivity contribution in [3.63, 3.8) is 0 Å². The highest BCUT2D eigenvalue weighted by Crippen LogP contribution is 2.23. The number of benzene rings is 1. The molecule has 0 amide bonds. The van der Waals surface area contributed by atoms with Crippen LogP contribution < -0.4 is 15.8 Å². The minimum Gasteiger partial charge on any atom is -0.492 e. The Morgan fingerprint density at radius 2 is 2.12 bits per heavy atom. The molecule has 4 nitrogen and oxygen atoms in total. The van der Waals surface area contributed by atoms with Crippen molar-refractivity contribution < 1.29 is 4.74 Å². The lowest BCUT2D eigenvalue weighted by Gasteiger charge is -2.12. The molecule has 1 aromatic rings. The van der Waals surface area contributed by atoms with Crippen molar-refractivity contribution in [1.82, 2.24) is 0 Å². The number of ether oxygens (including phenoxy) is 1. The van der Waals surface area contributed by atoms with E-state index < -0.39 is 0 Å². The number of nitrogens with one attached hydrogen (secondary N) is 1. The van der Waals surface area contributed by atoms with Crippen LogP contribution in [0.5, 0.6) is 5.75 Å². The van der Waals surface area contributed by atoms with Gasteiger partial charge in [-0.3, -0.25) is 4.99 Å².